The first-order valence-electron chi connectivity index (χ1n) is 12.6. The molecule has 0 bridgehead atoms. The summed E-state index contributed by atoms with van der Waals surface area (Å²) in [5, 5.41) is 2.84. The molecule has 0 spiro atoms. The van der Waals surface area contributed by atoms with Crippen molar-refractivity contribution >= 4 is 43.5 Å². The predicted octanol–water partition coefficient (Wildman–Crippen LogP) is 4.90. The predicted molar refractivity (Wildman–Crippen MR) is 156 cm³/mol. The van der Waals surface area contributed by atoms with Gasteiger partial charge in [0, 0.05) is 17.6 Å². The van der Waals surface area contributed by atoms with Gasteiger partial charge in [0.2, 0.25) is 11.8 Å². The van der Waals surface area contributed by atoms with Gasteiger partial charge < -0.3 is 15.0 Å². The highest BCUT2D eigenvalue weighted by molar-refractivity contribution is 9.10. The fourth-order valence-corrected chi connectivity index (χ4v) is 5.79. The zero-order valence-electron chi connectivity index (χ0n) is 22.6. The van der Waals surface area contributed by atoms with Crippen molar-refractivity contribution in [2.45, 2.75) is 44.7 Å². The standard InChI is InChI=1S/C29H34BrN3O5S/c1-5-17-31-29(35)22(3)32(19-23-7-6-8-24(30)18-23)28(34)20-33(25-11-9-21(2)10-12-25)39(36,37)27-15-13-26(38-4)14-16-27/h6-16,18,22H,5,17,19-20H2,1-4H3,(H,31,35)/t22-/m0/s1. The van der Waals surface area contributed by atoms with Crippen molar-refractivity contribution in [1.29, 1.82) is 0 Å². The van der Waals surface area contributed by atoms with Gasteiger partial charge in [-0.1, -0.05) is 52.7 Å². The van der Waals surface area contributed by atoms with E-state index in [1.807, 2.05) is 38.1 Å². The van der Waals surface area contributed by atoms with E-state index in [1.54, 1.807) is 43.3 Å². The second kappa shape index (κ2) is 13.6. The Hall–Kier alpha value is -3.37. The maximum atomic E-state index is 13.9. The molecule has 10 heteroatoms. The van der Waals surface area contributed by atoms with E-state index < -0.39 is 28.5 Å². The Bertz CT molecular complexity index is 1380. The number of aryl methyl sites for hydroxylation is 1. The van der Waals surface area contributed by atoms with Crippen LogP contribution in [0.5, 0.6) is 5.75 Å². The molecule has 0 aromatic heterocycles. The van der Waals surface area contributed by atoms with E-state index in [9.17, 15) is 18.0 Å². The first-order chi connectivity index (χ1) is 18.6. The number of halogens is 1. The van der Waals surface area contributed by atoms with Crippen LogP contribution in [0.2, 0.25) is 0 Å². The summed E-state index contributed by atoms with van der Waals surface area (Å²) in [6.07, 6.45) is 0.749. The number of hydrogen-bond acceptors (Lipinski definition) is 5. The lowest BCUT2D eigenvalue weighted by atomic mass is 10.1. The van der Waals surface area contributed by atoms with Crippen molar-refractivity contribution in [1.82, 2.24) is 10.2 Å². The summed E-state index contributed by atoms with van der Waals surface area (Å²) in [6, 6.07) is 19.5. The SMILES string of the molecule is CCCNC(=O)[C@H](C)N(Cc1cccc(Br)c1)C(=O)CN(c1ccc(C)cc1)S(=O)(=O)c1ccc(OC)cc1. The van der Waals surface area contributed by atoms with Crippen molar-refractivity contribution in [3.05, 3.63) is 88.4 Å². The molecule has 1 atom stereocenters. The number of methoxy groups -OCH3 is 1. The number of amides is 2. The Morgan fingerprint density at radius 2 is 1.69 bits per heavy atom. The van der Waals surface area contributed by atoms with E-state index in [0.29, 0.717) is 18.0 Å². The third kappa shape index (κ3) is 7.83. The van der Waals surface area contributed by atoms with Gasteiger partial charge in [-0.3, -0.25) is 13.9 Å². The van der Waals surface area contributed by atoms with E-state index in [2.05, 4.69) is 21.2 Å². The summed E-state index contributed by atoms with van der Waals surface area (Å²) < 4.78 is 34.8. The monoisotopic (exact) mass is 615 g/mol. The molecule has 3 aromatic carbocycles. The van der Waals surface area contributed by atoms with Crippen molar-refractivity contribution < 1.29 is 22.7 Å². The zero-order chi connectivity index (χ0) is 28.6. The van der Waals surface area contributed by atoms with Crippen molar-refractivity contribution in [3.8, 4) is 5.75 Å². The maximum Gasteiger partial charge on any atom is 0.264 e. The Kier molecular flexibility index (Phi) is 10.5. The molecule has 208 valence electrons. The molecule has 0 saturated heterocycles. The molecule has 0 radical (unpaired) electrons. The first kappa shape index (κ1) is 30.2. The molecule has 0 unspecified atom stereocenters. The van der Waals surface area contributed by atoms with Gasteiger partial charge in [0.05, 0.1) is 17.7 Å². The summed E-state index contributed by atoms with van der Waals surface area (Å²) in [5.74, 6) is -0.300. The minimum Gasteiger partial charge on any atom is -0.497 e. The van der Waals surface area contributed by atoms with Gasteiger partial charge in [-0.2, -0.15) is 0 Å². The van der Waals surface area contributed by atoms with Gasteiger partial charge in [-0.05, 0) is 74.4 Å². The van der Waals surface area contributed by atoms with Gasteiger partial charge in [0.25, 0.3) is 10.0 Å². The average Bonchev–Trinajstić information content (AvgIpc) is 2.93. The number of hydrogen-bond donors (Lipinski definition) is 1. The summed E-state index contributed by atoms with van der Waals surface area (Å²) in [6.45, 7) is 5.60. The van der Waals surface area contributed by atoms with E-state index in [0.717, 1.165) is 26.3 Å². The van der Waals surface area contributed by atoms with Crippen LogP contribution in [-0.2, 0) is 26.2 Å². The van der Waals surface area contributed by atoms with E-state index in [-0.39, 0.29) is 17.3 Å². The van der Waals surface area contributed by atoms with Crippen LogP contribution in [0.3, 0.4) is 0 Å². The van der Waals surface area contributed by atoms with E-state index in [1.165, 1.54) is 24.1 Å². The van der Waals surface area contributed by atoms with Crippen LogP contribution in [0.1, 0.15) is 31.4 Å². The lowest BCUT2D eigenvalue weighted by molar-refractivity contribution is -0.139. The third-order valence-electron chi connectivity index (χ3n) is 6.21. The molecule has 3 aromatic rings. The number of benzene rings is 3. The number of sulfonamides is 1. The summed E-state index contributed by atoms with van der Waals surface area (Å²) in [5.41, 5.74) is 2.09. The molecule has 2 amide bonds. The molecule has 0 heterocycles. The second-order valence-corrected chi connectivity index (χ2v) is 11.9. The van der Waals surface area contributed by atoms with Crippen LogP contribution in [-0.4, -0.2) is 51.4 Å². The van der Waals surface area contributed by atoms with Gasteiger partial charge >= 0.3 is 0 Å². The molecule has 0 saturated carbocycles. The number of anilines is 1. The summed E-state index contributed by atoms with van der Waals surface area (Å²) in [4.78, 5) is 28.2. The number of carbonyl (C=O) groups excluding carboxylic acids is 2. The number of carbonyl (C=O) groups is 2. The third-order valence-corrected chi connectivity index (χ3v) is 8.49. The zero-order valence-corrected chi connectivity index (χ0v) is 25.0. The first-order valence-corrected chi connectivity index (χ1v) is 14.8. The topological polar surface area (TPSA) is 96.0 Å². The highest BCUT2D eigenvalue weighted by atomic mass is 79.9. The quantitative estimate of drug-likeness (QED) is 0.312. The minimum absolute atomic E-state index is 0.0175. The molecule has 3 rings (SSSR count). The number of nitrogens with zero attached hydrogens (tertiary/aromatic N) is 2. The molecule has 1 N–H and O–H groups in total. The molecule has 0 aliphatic heterocycles. The minimum atomic E-state index is -4.14. The van der Waals surface area contributed by atoms with E-state index in [4.69, 9.17) is 4.74 Å². The highest BCUT2D eigenvalue weighted by Gasteiger charge is 2.32. The number of nitrogens with one attached hydrogen (secondary N) is 1. The molecular weight excluding hydrogens is 582 g/mol. The number of ether oxygens (including phenoxy) is 1. The largest absolute Gasteiger partial charge is 0.497 e. The highest BCUT2D eigenvalue weighted by Crippen LogP contribution is 2.26. The van der Waals surface area contributed by atoms with Crippen LogP contribution in [0.15, 0.2) is 82.2 Å². The Morgan fingerprint density at radius 1 is 1.03 bits per heavy atom. The molecule has 0 aliphatic rings. The molecule has 0 fully saturated rings. The maximum absolute atomic E-state index is 13.9. The average molecular weight is 617 g/mol. The molecule has 8 nitrogen and oxygen atoms in total. The van der Waals surface area contributed by atoms with Crippen LogP contribution >= 0.6 is 15.9 Å². The van der Waals surface area contributed by atoms with Crippen LogP contribution in [0, 0.1) is 6.92 Å². The lowest BCUT2D eigenvalue weighted by Crippen LogP contribution is -2.51. The summed E-state index contributed by atoms with van der Waals surface area (Å²) >= 11 is 3.45. The lowest BCUT2D eigenvalue weighted by Gasteiger charge is -2.32. The van der Waals surface area contributed by atoms with Crippen LogP contribution in [0.4, 0.5) is 5.69 Å². The van der Waals surface area contributed by atoms with Crippen molar-refractivity contribution in [2.75, 3.05) is 24.5 Å². The second-order valence-electron chi connectivity index (χ2n) is 9.14. The van der Waals surface area contributed by atoms with E-state index >= 15 is 0 Å². The van der Waals surface area contributed by atoms with Gasteiger partial charge in [-0.25, -0.2) is 8.42 Å². The van der Waals surface area contributed by atoms with Gasteiger partial charge in [0.15, 0.2) is 0 Å². The fraction of sp³-hybridized carbons (Fsp3) is 0.310. The molecule has 0 aliphatic carbocycles. The van der Waals surface area contributed by atoms with Crippen molar-refractivity contribution in [2.24, 2.45) is 0 Å². The van der Waals surface area contributed by atoms with Crippen LogP contribution < -0.4 is 14.4 Å². The van der Waals surface area contributed by atoms with Gasteiger partial charge in [0.1, 0.15) is 18.3 Å². The van der Waals surface area contributed by atoms with Crippen molar-refractivity contribution in [3.63, 3.8) is 0 Å². The Balaban J connectivity index is 2.01. The molecular formula is C29H34BrN3O5S. The smallest absolute Gasteiger partial charge is 0.264 e. The molecule has 39 heavy (non-hydrogen) atoms. The normalized spacial score (nSPS) is 11.9. The van der Waals surface area contributed by atoms with Crippen LogP contribution in [0.25, 0.3) is 0 Å². The fourth-order valence-electron chi connectivity index (χ4n) is 3.93. The Morgan fingerprint density at radius 3 is 2.28 bits per heavy atom. The number of rotatable bonds is 12. The van der Waals surface area contributed by atoms with Gasteiger partial charge in [-0.15, -0.1) is 0 Å². The summed E-state index contributed by atoms with van der Waals surface area (Å²) in [7, 11) is -2.64. The Labute approximate surface area is 239 Å².